The van der Waals surface area contributed by atoms with Crippen LogP contribution in [0, 0.1) is 0 Å². The lowest BCUT2D eigenvalue weighted by Gasteiger charge is -2.08. The van der Waals surface area contributed by atoms with Crippen molar-refractivity contribution in [2.45, 2.75) is 19.5 Å². The third-order valence-corrected chi connectivity index (χ3v) is 2.92. The molecule has 19 heavy (non-hydrogen) atoms. The molecule has 5 nitrogen and oxygen atoms in total. The second-order valence-corrected chi connectivity index (χ2v) is 4.32. The highest BCUT2D eigenvalue weighted by Crippen LogP contribution is 2.02. The molecule has 0 unspecified atom stereocenters. The van der Waals surface area contributed by atoms with E-state index in [-0.39, 0.29) is 0 Å². The zero-order valence-corrected chi connectivity index (χ0v) is 11.2. The maximum Gasteiger partial charge on any atom is 0.0948 e. The first-order chi connectivity index (χ1) is 9.40. The molecule has 2 aromatic rings. The molecule has 0 aliphatic heterocycles. The van der Waals surface area contributed by atoms with E-state index in [1.165, 1.54) is 5.69 Å². The van der Waals surface area contributed by atoms with Crippen LogP contribution in [0.1, 0.15) is 11.4 Å². The predicted molar refractivity (Wildman–Crippen MR) is 73.8 cm³/mol. The lowest BCUT2D eigenvalue weighted by molar-refractivity contribution is 0.199. The van der Waals surface area contributed by atoms with E-state index in [1.807, 2.05) is 36.9 Å². The molecule has 0 saturated carbocycles. The summed E-state index contributed by atoms with van der Waals surface area (Å²) in [4.78, 5) is 8.53. The topological polar surface area (TPSA) is 52.0 Å². The van der Waals surface area contributed by atoms with Gasteiger partial charge in [-0.2, -0.15) is 0 Å². The highest BCUT2D eigenvalue weighted by molar-refractivity contribution is 5.04. The molecular formula is C14H20N4O. The molecular weight excluding hydrogens is 240 g/mol. The largest absolute Gasteiger partial charge is 0.383 e. The van der Waals surface area contributed by atoms with Crippen molar-refractivity contribution in [3.8, 4) is 0 Å². The number of aromatic nitrogens is 3. The zero-order valence-electron chi connectivity index (χ0n) is 11.2. The summed E-state index contributed by atoms with van der Waals surface area (Å²) in [6.07, 6.45) is 6.52. The fourth-order valence-corrected chi connectivity index (χ4v) is 1.87. The third kappa shape index (κ3) is 4.46. The van der Waals surface area contributed by atoms with E-state index in [9.17, 15) is 0 Å². The van der Waals surface area contributed by atoms with E-state index in [1.54, 1.807) is 7.11 Å². The van der Waals surface area contributed by atoms with Gasteiger partial charge in [0.1, 0.15) is 0 Å². The average Bonchev–Trinajstić information content (AvgIpc) is 2.90. The third-order valence-electron chi connectivity index (χ3n) is 2.92. The van der Waals surface area contributed by atoms with Gasteiger partial charge in [-0.1, -0.05) is 6.07 Å². The number of pyridine rings is 1. The number of aryl methyl sites for hydroxylation is 2. The summed E-state index contributed by atoms with van der Waals surface area (Å²) in [6.45, 7) is 3.29. The fourth-order valence-electron chi connectivity index (χ4n) is 1.87. The minimum atomic E-state index is 0.724. The van der Waals surface area contributed by atoms with Crippen molar-refractivity contribution in [1.82, 2.24) is 19.9 Å². The van der Waals surface area contributed by atoms with Gasteiger partial charge >= 0.3 is 0 Å². The lowest BCUT2D eigenvalue weighted by Crippen LogP contribution is -2.20. The lowest BCUT2D eigenvalue weighted by atomic mass is 10.2. The Kier molecular flexibility index (Phi) is 5.52. The van der Waals surface area contributed by atoms with Crippen LogP contribution >= 0.6 is 0 Å². The Balaban J connectivity index is 1.82. The summed E-state index contributed by atoms with van der Waals surface area (Å²) in [7, 11) is 1.71. The van der Waals surface area contributed by atoms with Gasteiger partial charge in [0.05, 0.1) is 18.6 Å². The molecule has 0 saturated heterocycles. The molecule has 102 valence electrons. The first kappa shape index (κ1) is 13.7. The van der Waals surface area contributed by atoms with Gasteiger partial charge in [-0.3, -0.25) is 4.98 Å². The van der Waals surface area contributed by atoms with Gasteiger partial charge in [-0.25, -0.2) is 4.98 Å². The molecule has 0 aromatic carbocycles. The van der Waals surface area contributed by atoms with E-state index >= 15 is 0 Å². The van der Waals surface area contributed by atoms with Crippen LogP contribution in [-0.4, -0.2) is 34.8 Å². The van der Waals surface area contributed by atoms with Crippen LogP contribution in [0.2, 0.25) is 0 Å². The minimum absolute atomic E-state index is 0.724. The summed E-state index contributed by atoms with van der Waals surface area (Å²) in [5.41, 5.74) is 2.29. The van der Waals surface area contributed by atoms with Gasteiger partial charge in [0, 0.05) is 51.3 Å². The fraction of sp³-hybridized carbons (Fsp3) is 0.429. The molecule has 0 aliphatic carbocycles. The number of ether oxygens (including phenoxy) is 1. The van der Waals surface area contributed by atoms with Crippen LogP contribution in [0.15, 0.2) is 36.9 Å². The molecule has 0 spiro atoms. The molecule has 0 bridgehead atoms. The minimum Gasteiger partial charge on any atom is -0.383 e. The van der Waals surface area contributed by atoms with Gasteiger partial charge in [-0.15, -0.1) is 0 Å². The van der Waals surface area contributed by atoms with Crippen molar-refractivity contribution in [3.63, 3.8) is 0 Å². The van der Waals surface area contributed by atoms with Gasteiger partial charge in [0.2, 0.25) is 0 Å². The first-order valence-electron chi connectivity index (χ1n) is 6.48. The molecule has 0 radical (unpaired) electrons. The second kappa shape index (κ2) is 7.66. The van der Waals surface area contributed by atoms with E-state index in [0.29, 0.717) is 0 Å². The summed E-state index contributed by atoms with van der Waals surface area (Å²) >= 11 is 0. The van der Waals surface area contributed by atoms with Crippen LogP contribution < -0.4 is 5.32 Å². The van der Waals surface area contributed by atoms with E-state index in [0.717, 1.165) is 38.4 Å². The molecule has 2 rings (SSSR count). The smallest absolute Gasteiger partial charge is 0.0948 e. The Morgan fingerprint density at radius 2 is 2.32 bits per heavy atom. The maximum absolute atomic E-state index is 5.00. The van der Waals surface area contributed by atoms with E-state index in [2.05, 4.69) is 19.9 Å². The number of methoxy groups -OCH3 is 1. The van der Waals surface area contributed by atoms with Crippen molar-refractivity contribution in [1.29, 1.82) is 0 Å². The Bertz CT molecular complexity index is 469. The predicted octanol–water partition coefficient (Wildman–Crippen LogP) is 1.26. The SMILES string of the molecule is COCCNCc1cncn1CCc1ccccn1. The van der Waals surface area contributed by atoms with Crippen LogP contribution in [0.3, 0.4) is 0 Å². The van der Waals surface area contributed by atoms with Crippen molar-refractivity contribution < 1.29 is 4.74 Å². The van der Waals surface area contributed by atoms with Gasteiger partial charge in [0.25, 0.3) is 0 Å². The van der Waals surface area contributed by atoms with Crippen LogP contribution in [0.5, 0.6) is 0 Å². The zero-order chi connectivity index (χ0) is 13.3. The van der Waals surface area contributed by atoms with Gasteiger partial charge < -0.3 is 14.6 Å². The van der Waals surface area contributed by atoms with E-state index in [4.69, 9.17) is 4.74 Å². The average molecular weight is 260 g/mol. The molecule has 0 aliphatic rings. The number of hydrogen-bond donors (Lipinski definition) is 1. The molecule has 0 fully saturated rings. The van der Waals surface area contributed by atoms with Gasteiger partial charge in [0.15, 0.2) is 0 Å². The standard InChI is InChI=1S/C14H20N4O/c1-19-9-7-15-10-14-11-16-12-18(14)8-5-13-4-2-3-6-17-13/h2-4,6,11-12,15H,5,7-10H2,1H3. The van der Waals surface area contributed by atoms with Crippen molar-refractivity contribution in [2.75, 3.05) is 20.3 Å². The highest BCUT2D eigenvalue weighted by Gasteiger charge is 2.02. The number of nitrogens with one attached hydrogen (secondary N) is 1. The van der Waals surface area contributed by atoms with Crippen molar-refractivity contribution in [3.05, 3.63) is 48.3 Å². The number of nitrogens with zero attached hydrogens (tertiary/aromatic N) is 3. The Morgan fingerprint density at radius 1 is 1.37 bits per heavy atom. The van der Waals surface area contributed by atoms with Gasteiger partial charge in [-0.05, 0) is 12.1 Å². The Morgan fingerprint density at radius 3 is 3.11 bits per heavy atom. The van der Waals surface area contributed by atoms with Crippen LogP contribution in [0.4, 0.5) is 0 Å². The monoisotopic (exact) mass is 260 g/mol. The summed E-state index contributed by atoms with van der Waals surface area (Å²) in [6, 6.07) is 6.00. The number of imidazole rings is 1. The maximum atomic E-state index is 5.00. The quantitative estimate of drug-likeness (QED) is 0.726. The van der Waals surface area contributed by atoms with Crippen molar-refractivity contribution in [2.24, 2.45) is 0 Å². The summed E-state index contributed by atoms with van der Waals surface area (Å²) < 4.78 is 7.16. The molecule has 0 atom stereocenters. The van der Waals surface area contributed by atoms with Crippen LogP contribution in [0.25, 0.3) is 0 Å². The molecule has 0 amide bonds. The Hall–Kier alpha value is -1.72. The first-order valence-corrected chi connectivity index (χ1v) is 6.48. The van der Waals surface area contributed by atoms with Crippen molar-refractivity contribution >= 4 is 0 Å². The molecule has 2 heterocycles. The normalized spacial score (nSPS) is 10.8. The summed E-state index contributed by atoms with van der Waals surface area (Å²) in [5.74, 6) is 0. The number of rotatable bonds is 8. The van der Waals surface area contributed by atoms with E-state index < -0.39 is 0 Å². The molecule has 5 heteroatoms. The summed E-state index contributed by atoms with van der Waals surface area (Å²) in [5, 5.41) is 3.33. The second-order valence-electron chi connectivity index (χ2n) is 4.32. The molecule has 2 aromatic heterocycles. The Labute approximate surface area is 113 Å². The number of hydrogen-bond acceptors (Lipinski definition) is 4. The molecule has 1 N–H and O–H groups in total. The van der Waals surface area contributed by atoms with Crippen LogP contribution in [-0.2, 0) is 24.2 Å². The highest BCUT2D eigenvalue weighted by atomic mass is 16.5.